The molecule has 2 aliphatic heterocycles. The van der Waals surface area contributed by atoms with Crippen molar-refractivity contribution in [2.45, 2.75) is 65.1 Å². The van der Waals surface area contributed by atoms with Crippen LogP contribution in [0.25, 0.3) is 10.8 Å². The van der Waals surface area contributed by atoms with Crippen molar-refractivity contribution < 1.29 is 23.2 Å². The molecule has 5 rings (SSSR count). The molecule has 0 radical (unpaired) electrons. The average molecular weight is 490 g/mol. The molecule has 0 atom stereocenters. The van der Waals surface area contributed by atoms with E-state index in [0.717, 1.165) is 16.6 Å². The molecule has 182 valence electrons. The van der Waals surface area contributed by atoms with E-state index in [1.807, 2.05) is 48.5 Å². The summed E-state index contributed by atoms with van der Waals surface area (Å²) < 4.78 is 19.6. The molecule has 0 aromatic heterocycles. The minimum absolute atomic E-state index is 0.208. The molecule has 6 nitrogen and oxygen atoms in total. The second kappa shape index (κ2) is 7.59. The van der Waals surface area contributed by atoms with Crippen LogP contribution >= 0.6 is 0 Å². The number of hydrogen-bond acceptors (Lipinski definition) is 5. The van der Waals surface area contributed by atoms with Crippen LogP contribution in [0.1, 0.15) is 64.4 Å². The van der Waals surface area contributed by atoms with E-state index >= 15 is 0 Å². The fourth-order valence-corrected chi connectivity index (χ4v) is 10.1. The molecule has 0 spiro atoms. The normalized spacial score (nSPS) is 16.5. The van der Waals surface area contributed by atoms with E-state index in [0.29, 0.717) is 29.0 Å². The molecule has 0 aliphatic carbocycles. The molecule has 2 heterocycles. The highest BCUT2D eigenvalue weighted by Gasteiger charge is 2.64. The molecule has 0 unspecified atom stereocenters. The van der Waals surface area contributed by atoms with Crippen molar-refractivity contribution in [1.29, 1.82) is 0 Å². The molecule has 0 saturated heterocycles. The number of esters is 1. The molecule has 0 bridgehead atoms. The van der Waals surface area contributed by atoms with E-state index in [9.17, 15) is 9.59 Å². The first-order chi connectivity index (χ1) is 16.4. The van der Waals surface area contributed by atoms with Gasteiger partial charge in [-0.05, 0) is 18.2 Å². The highest BCUT2D eigenvalue weighted by molar-refractivity contribution is 6.75. The zero-order chi connectivity index (χ0) is 25.3. The molecule has 2 aliphatic rings. The Kier molecular flexibility index (Phi) is 5.08. The number of fused-ring (bicyclic) bond motifs is 2. The maximum atomic E-state index is 13.8. The van der Waals surface area contributed by atoms with E-state index in [1.54, 1.807) is 4.90 Å². The molecule has 0 N–H and O–H groups in total. The first-order valence-electron chi connectivity index (χ1n) is 11.9. The average Bonchev–Trinajstić information content (AvgIpc) is 3.12. The van der Waals surface area contributed by atoms with E-state index in [4.69, 9.17) is 13.6 Å². The number of anilines is 1. The Hall–Kier alpha value is -3.32. The zero-order valence-corrected chi connectivity index (χ0v) is 22.3. The van der Waals surface area contributed by atoms with Gasteiger partial charge in [-0.2, -0.15) is 0 Å². The van der Waals surface area contributed by atoms with Gasteiger partial charge in [-0.1, -0.05) is 71.9 Å². The van der Waals surface area contributed by atoms with Crippen LogP contribution in [0.4, 0.5) is 5.69 Å². The number of carbonyl (C=O) groups is 2. The molecular formula is C28H31NO5Si. The largest absolute Gasteiger partial charge is 0.511 e. The van der Waals surface area contributed by atoms with Gasteiger partial charge in [0.15, 0.2) is 5.75 Å². The monoisotopic (exact) mass is 489 g/mol. The first-order valence-corrected chi connectivity index (χ1v) is 13.7. The van der Waals surface area contributed by atoms with E-state index < -0.39 is 14.5 Å². The quantitative estimate of drug-likeness (QED) is 0.227. The topological polar surface area (TPSA) is 65.1 Å². The molecule has 1 amide bonds. The van der Waals surface area contributed by atoms with Gasteiger partial charge in [0.25, 0.3) is 5.91 Å². The Bertz CT molecular complexity index is 1350. The van der Waals surface area contributed by atoms with Crippen LogP contribution < -0.4 is 18.5 Å². The number of amides is 1. The molecule has 35 heavy (non-hydrogen) atoms. The summed E-state index contributed by atoms with van der Waals surface area (Å²) in [6, 6.07) is 15.2. The van der Waals surface area contributed by atoms with Crippen molar-refractivity contribution in [3.05, 3.63) is 59.7 Å². The third-order valence-electron chi connectivity index (χ3n) is 6.86. The predicted molar refractivity (Wildman–Crippen MR) is 139 cm³/mol. The highest BCUT2D eigenvalue weighted by atomic mass is 28.4. The minimum Gasteiger partial charge on any atom is -0.511 e. The van der Waals surface area contributed by atoms with Crippen LogP contribution in [0.15, 0.2) is 48.5 Å². The Morgan fingerprint density at radius 2 is 1.60 bits per heavy atom. The maximum Gasteiger partial charge on any atom is 0.471 e. The number of hydrogen-bond donors (Lipinski definition) is 0. The fourth-order valence-electron chi connectivity index (χ4n) is 5.55. The third-order valence-corrected chi connectivity index (χ3v) is 11.8. The Morgan fingerprint density at radius 1 is 0.943 bits per heavy atom. The van der Waals surface area contributed by atoms with Crippen LogP contribution in [0.5, 0.6) is 17.2 Å². The summed E-state index contributed by atoms with van der Waals surface area (Å²) in [7, 11) is -2.97. The molecule has 0 saturated carbocycles. The molecule has 3 aromatic carbocycles. The second-order valence-corrected chi connectivity index (χ2v) is 16.0. The van der Waals surface area contributed by atoms with Gasteiger partial charge < -0.3 is 18.5 Å². The summed E-state index contributed by atoms with van der Waals surface area (Å²) in [5.74, 6) is 0.965. The number of carbonyl (C=O) groups excluding carboxylic acids is 2. The van der Waals surface area contributed by atoms with Gasteiger partial charge in [0.2, 0.25) is 0 Å². The minimum atomic E-state index is -2.97. The second-order valence-electron chi connectivity index (χ2n) is 11.3. The lowest BCUT2D eigenvalue weighted by molar-refractivity contribution is -0.131. The van der Waals surface area contributed by atoms with Gasteiger partial charge in [0.1, 0.15) is 11.5 Å². The summed E-state index contributed by atoms with van der Waals surface area (Å²) in [5.41, 5.74) is 1.90. The Balaban J connectivity index is 1.84. The van der Waals surface area contributed by atoms with Crippen molar-refractivity contribution in [2.75, 3.05) is 4.90 Å². The van der Waals surface area contributed by atoms with Gasteiger partial charge in [-0.15, -0.1) is 0 Å². The first kappa shape index (κ1) is 23.4. The Morgan fingerprint density at radius 3 is 2.20 bits per heavy atom. The standard InChI is InChI=1S/C28H31NO5Si/c1-17(30)32-24-19-14-11-15-21-22(19)25(34-35(33-21,27(2,3)4)28(5,6)7)20-16-29(26(31)23(20)24)18-12-9-8-10-13-18/h8-15H,16H2,1-7H3. The molecule has 7 heteroatoms. The SMILES string of the molecule is CC(=O)Oc1c2c(c3c4c(cccc14)O[Si](C(C)(C)C)(C(C)(C)C)O3)CN(c1ccccc1)C2=O. The number of ether oxygens (including phenoxy) is 1. The van der Waals surface area contributed by atoms with Crippen LogP contribution in [0, 0.1) is 0 Å². The van der Waals surface area contributed by atoms with Gasteiger partial charge >= 0.3 is 14.5 Å². The van der Waals surface area contributed by atoms with E-state index in [1.165, 1.54) is 6.92 Å². The predicted octanol–water partition coefficient (Wildman–Crippen LogP) is 6.74. The van der Waals surface area contributed by atoms with Gasteiger partial charge in [-0.25, -0.2) is 0 Å². The zero-order valence-electron chi connectivity index (χ0n) is 21.3. The summed E-state index contributed by atoms with van der Waals surface area (Å²) in [5, 5.41) is 0.852. The number of para-hydroxylation sites is 1. The Labute approximate surface area is 207 Å². The van der Waals surface area contributed by atoms with E-state index in [-0.39, 0.29) is 21.7 Å². The summed E-state index contributed by atoms with van der Waals surface area (Å²) in [6.45, 7) is 14.6. The lowest BCUT2D eigenvalue weighted by atomic mass is 9.98. The summed E-state index contributed by atoms with van der Waals surface area (Å²) in [6.07, 6.45) is 0. The van der Waals surface area contributed by atoms with E-state index in [2.05, 4.69) is 41.5 Å². The highest BCUT2D eigenvalue weighted by Crippen LogP contribution is 2.59. The summed E-state index contributed by atoms with van der Waals surface area (Å²) >= 11 is 0. The van der Waals surface area contributed by atoms with Gasteiger partial charge in [0, 0.05) is 33.6 Å². The molecular weight excluding hydrogens is 458 g/mol. The number of rotatable bonds is 2. The smallest absolute Gasteiger partial charge is 0.471 e. The lowest BCUT2D eigenvalue weighted by Crippen LogP contribution is -2.63. The van der Waals surface area contributed by atoms with Crippen molar-refractivity contribution in [2.24, 2.45) is 0 Å². The van der Waals surface area contributed by atoms with Crippen LogP contribution in [-0.2, 0) is 11.3 Å². The van der Waals surface area contributed by atoms with Crippen molar-refractivity contribution in [3.63, 3.8) is 0 Å². The van der Waals surface area contributed by atoms with Crippen molar-refractivity contribution >= 4 is 36.9 Å². The molecule has 3 aromatic rings. The van der Waals surface area contributed by atoms with Crippen LogP contribution in [-0.4, -0.2) is 20.4 Å². The fraction of sp³-hybridized carbons (Fsp3) is 0.357. The van der Waals surface area contributed by atoms with Gasteiger partial charge in [-0.3, -0.25) is 9.59 Å². The summed E-state index contributed by atoms with van der Waals surface area (Å²) in [4.78, 5) is 27.7. The van der Waals surface area contributed by atoms with Crippen molar-refractivity contribution in [1.82, 2.24) is 0 Å². The molecule has 0 fully saturated rings. The van der Waals surface area contributed by atoms with Gasteiger partial charge in [0.05, 0.1) is 17.5 Å². The number of nitrogens with zero attached hydrogens (tertiary/aromatic N) is 1. The van der Waals surface area contributed by atoms with Crippen LogP contribution in [0.3, 0.4) is 0 Å². The third kappa shape index (κ3) is 3.36. The lowest BCUT2D eigenvalue weighted by Gasteiger charge is -2.50. The maximum absolute atomic E-state index is 13.8. The number of benzene rings is 3. The van der Waals surface area contributed by atoms with Crippen LogP contribution in [0.2, 0.25) is 10.1 Å². The van der Waals surface area contributed by atoms with Crippen molar-refractivity contribution in [3.8, 4) is 17.2 Å².